The van der Waals surface area contributed by atoms with Gasteiger partial charge in [0.25, 0.3) is 0 Å². The summed E-state index contributed by atoms with van der Waals surface area (Å²) in [6, 6.07) is 7.05. The quantitative estimate of drug-likeness (QED) is 0.938. The van der Waals surface area contributed by atoms with Crippen LogP contribution in [0.5, 0.6) is 5.75 Å². The zero-order chi connectivity index (χ0) is 15.0. The zero-order valence-corrected chi connectivity index (χ0v) is 13.1. The van der Waals surface area contributed by atoms with Crippen LogP contribution in [0.3, 0.4) is 0 Å². The van der Waals surface area contributed by atoms with Crippen LogP contribution in [0.15, 0.2) is 30.6 Å². The molecule has 21 heavy (non-hydrogen) atoms. The second kappa shape index (κ2) is 5.53. The van der Waals surface area contributed by atoms with Crippen molar-refractivity contribution in [2.45, 2.75) is 38.3 Å². The number of nitrogens with one attached hydrogen (secondary N) is 1. The summed E-state index contributed by atoms with van der Waals surface area (Å²) in [6.45, 7) is 4.39. The van der Waals surface area contributed by atoms with Crippen molar-refractivity contribution < 1.29 is 4.74 Å². The number of hydrogen-bond acceptors (Lipinski definition) is 3. The van der Waals surface area contributed by atoms with E-state index >= 15 is 0 Å². The summed E-state index contributed by atoms with van der Waals surface area (Å²) >= 11 is 0. The fourth-order valence-corrected chi connectivity index (χ4v) is 3.38. The normalized spacial score (nSPS) is 20.8. The Morgan fingerprint density at radius 3 is 2.86 bits per heavy atom. The molecule has 1 aromatic heterocycles. The van der Waals surface area contributed by atoms with Crippen LogP contribution in [0.1, 0.15) is 48.8 Å². The van der Waals surface area contributed by atoms with E-state index in [-0.39, 0.29) is 0 Å². The fraction of sp³-hybridized carbons (Fsp3) is 0.471. The predicted octanol–water partition coefficient (Wildman–Crippen LogP) is 3.07. The molecule has 4 nitrogen and oxygen atoms in total. The molecule has 0 amide bonds. The van der Waals surface area contributed by atoms with Crippen LogP contribution in [-0.2, 0) is 6.42 Å². The molecule has 112 valence electrons. The van der Waals surface area contributed by atoms with E-state index in [1.54, 1.807) is 7.11 Å². The smallest absolute Gasteiger partial charge is 0.119 e. The number of imidazole rings is 1. The highest BCUT2D eigenvalue weighted by Gasteiger charge is 2.34. The Morgan fingerprint density at radius 2 is 2.19 bits per heavy atom. The Bertz CT molecular complexity index is 633. The molecular weight excluding hydrogens is 262 g/mol. The van der Waals surface area contributed by atoms with E-state index < -0.39 is 0 Å². The molecular formula is C17H23N3O. The van der Waals surface area contributed by atoms with Crippen molar-refractivity contribution >= 4 is 0 Å². The number of nitrogens with zero attached hydrogens (tertiary/aromatic N) is 2. The SMILES string of the molecule is CNC1c2cc(OC)ccc2CC1n1ccnc1C(C)C. The van der Waals surface area contributed by atoms with Crippen LogP contribution in [-0.4, -0.2) is 23.7 Å². The van der Waals surface area contributed by atoms with Crippen LogP contribution in [0.25, 0.3) is 0 Å². The molecule has 1 heterocycles. The second-order valence-corrected chi connectivity index (χ2v) is 5.95. The summed E-state index contributed by atoms with van der Waals surface area (Å²) in [6.07, 6.45) is 5.04. The molecule has 0 bridgehead atoms. The molecule has 2 atom stereocenters. The number of ether oxygens (including phenoxy) is 1. The van der Waals surface area contributed by atoms with Crippen LogP contribution >= 0.6 is 0 Å². The lowest BCUT2D eigenvalue weighted by molar-refractivity contribution is 0.385. The number of methoxy groups -OCH3 is 1. The molecule has 1 aliphatic rings. The molecule has 0 spiro atoms. The fourth-order valence-electron chi connectivity index (χ4n) is 3.38. The molecule has 4 heteroatoms. The van der Waals surface area contributed by atoms with Gasteiger partial charge in [-0.15, -0.1) is 0 Å². The van der Waals surface area contributed by atoms with Crippen molar-refractivity contribution in [1.82, 2.24) is 14.9 Å². The third kappa shape index (κ3) is 2.33. The predicted molar refractivity (Wildman–Crippen MR) is 83.9 cm³/mol. The highest BCUT2D eigenvalue weighted by atomic mass is 16.5. The number of fused-ring (bicyclic) bond motifs is 1. The summed E-state index contributed by atoms with van der Waals surface area (Å²) in [5.74, 6) is 2.50. The molecule has 3 rings (SSSR count). The van der Waals surface area contributed by atoms with Gasteiger partial charge in [0, 0.05) is 18.3 Å². The van der Waals surface area contributed by atoms with Gasteiger partial charge in [0.05, 0.1) is 19.2 Å². The molecule has 0 saturated carbocycles. The molecule has 2 unspecified atom stereocenters. The third-order valence-electron chi connectivity index (χ3n) is 4.39. The minimum atomic E-state index is 0.293. The zero-order valence-electron chi connectivity index (χ0n) is 13.1. The summed E-state index contributed by atoms with van der Waals surface area (Å²) < 4.78 is 7.70. The first-order chi connectivity index (χ1) is 10.2. The lowest BCUT2D eigenvalue weighted by Gasteiger charge is -2.24. The third-order valence-corrected chi connectivity index (χ3v) is 4.39. The number of benzene rings is 1. The summed E-state index contributed by atoms with van der Waals surface area (Å²) in [5.41, 5.74) is 2.73. The van der Waals surface area contributed by atoms with Gasteiger partial charge in [-0.25, -0.2) is 4.98 Å². The Morgan fingerprint density at radius 1 is 1.38 bits per heavy atom. The van der Waals surface area contributed by atoms with Crippen molar-refractivity contribution in [2.24, 2.45) is 0 Å². The molecule has 0 fully saturated rings. The first-order valence-electron chi connectivity index (χ1n) is 7.52. The molecule has 0 radical (unpaired) electrons. The largest absolute Gasteiger partial charge is 0.497 e. The van der Waals surface area contributed by atoms with E-state index in [2.05, 4.69) is 47.0 Å². The van der Waals surface area contributed by atoms with Crippen LogP contribution < -0.4 is 10.1 Å². The van der Waals surface area contributed by atoms with Gasteiger partial charge in [-0.2, -0.15) is 0 Å². The average molecular weight is 285 g/mol. The van der Waals surface area contributed by atoms with Gasteiger partial charge < -0.3 is 14.6 Å². The van der Waals surface area contributed by atoms with E-state index in [1.807, 2.05) is 19.3 Å². The van der Waals surface area contributed by atoms with Gasteiger partial charge >= 0.3 is 0 Å². The molecule has 0 aliphatic heterocycles. The molecule has 1 aliphatic carbocycles. The maximum atomic E-state index is 5.37. The average Bonchev–Trinajstić information content (AvgIpc) is 3.09. The first kappa shape index (κ1) is 14.1. The lowest BCUT2D eigenvalue weighted by atomic mass is 10.1. The number of hydrogen-bond donors (Lipinski definition) is 1. The Kier molecular flexibility index (Phi) is 3.72. The van der Waals surface area contributed by atoms with Gasteiger partial charge in [-0.1, -0.05) is 19.9 Å². The number of rotatable bonds is 4. The van der Waals surface area contributed by atoms with Crippen molar-refractivity contribution in [1.29, 1.82) is 0 Å². The summed E-state index contributed by atoms with van der Waals surface area (Å²) in [5, 5.41) is 3.47. The monoisotopic (exact) mass is 285 g/mol. The lowest BCUT2D eigenvalue weighted by Crippen LogP contribution is -2.25. The van der Waals surface area contributed by atoms with E-state index in [9.17, 15) is 0 Å². The molecule has 2 aromatic rings. The van der Waals surface area contributed by atoms with Gasteiger partial charge in [-0.3, -0.25) is 0 Å². The Balaban J connectivity index is 2.00. The van der Waals surface area contributed by atoms with E-state index in [0.29, 0.717) is 18.0 Å². The van der Waals surface area contributed by atoms with Gasteiger partial charge in [0.2, 0.25) is 0 Å². The molecule has 1 aromatic carbocycles. The second-order valence-electron chi connectivity index (χ2n) is 5.95. The highest BCUT2D eigenvalue weighted by molar-refractivity contribution is 5.42. The molecule has 1 N–H and O–H groups in total. The van der Waals surface area contributed by atoms with Gasteiger partial charge in [0.1, 0.15) is 11.6 Å². The van der Waals surface area contributed by atoms with Crippen molar-refractivity contribution in [3.05, 3.63) is 47.5 Å². The Labute approximate surface area is 126 Å². The van der Waals surface area contributed by atoms with Crippen molar-refractivity contribution in [3.8, 4) is 5.75 Å². The maximum Gasteiger partial charge on any atom is 0.119 e. The van der Waals surface area contributed by atoms with E-state index in [4.69, 9.17) is 4.74 Å². The Hall–Kier alpha value is -1.81. The van der Waals surface area contributed by atoms with Crippen molar-refractivity contribution in [2.75, 3.05) is 14.2 Å². The summed E-state index contributed by atoms with van der Waals surface area (Å²) in [4.78, 5) is 4.54. The molecule has 0 saturated heterocycles. The maximum absolute atomic E-state index is 5.37. The number of aromatic nitrogens is 2. The topological polar surface area (TPSA) is 39.1 Å². The number of likely N-dealkylation sites (N-methyl/N-ethyl adjacent to an activating group) is 1. The van der Waals surface area contributed by atoms with E-state index in [1.165, 1.54) is 11.1 Å². The van der Waals surface area contributed by atoms with Gasteiger partial charge in [0.15, 0.2) is 0 Å². The van der Waals surface area contributed by atoms with E-state index in [0.717, 1.165) is 18.0 Å². The van der Waals surface area contributed by atoms with Gasteiger partial charge in [-0.05, 0) is 36.7 Å². The van der Waals surface area contributed by atoms with Crippen LogP contribution in [0, 0.1) is 0 Å². The van der Waals surface area contributed by atoms with Crippen LogP contribution in [0.4, 0.5) is 0 Å². The minimum absolute atomic E-state index is 0.293. The van der Waals surface area contributed by atoms with Crippen LogP contribution in [0.2, 0.25) is 0 Å². The van der Waals surface area contributed by atoms with Crippen molar-refractivity contribution in [3.63, 3.8) is 0 Å². The summed E-state index contributed by atoms with van der Waals surface area (Å²) in [7, 11) is 3.74. The standard InChI is InChI=1S/C17H23N3O/c1-11(2)17-19-7-8-20(17)15-9-12-5-6-13(21-4)10-14(12)16(15)18-3/h5-8,10-11,15-16,18H,9H2,1-4H3. The highest BCUT2D eigenvalue weighted by Crippen LogP contribution is 2.41. The first-order valence-corrected chi connectivity index (χ1v) is 7.52. The minimum Gasteiger partial charge on any atom is -0.497 e.